The molecule has 0 radical (unpaired) electrons. The molecule has 0 aromatic rings. The maximum Gasteiger partial charge on any atom is 0.330 e. The average molecular weight is 487 g/mol. The van der Waals surface area contributed by atoms with E-state index in [0.717, 1.165) is 24.3 Å². The fourth-order valence-corrected chi connectivity index (χ4v) is 1.54. The topological polar surface area (TPSA) is 146 Å². The van der Waals surface area contributed by atoms with E-state index in [4.69, 9.17) is 29.2 Å². The van der Waals surface area contributed by atoms with E-state index in [9.17, 15) is 19.2 Å². The van der Waals surface area contributed by atoms with Crippen molar-refractivity contribution in [1.29, 1.82) is 0 Å². The predicted octanol–water partition coefficient (Wildman–Crippen LogP) is 2.20. The molecular formula is C24H38O10. The van der Waals surface area contributed by atoms with Crippen LogP contribution in [0.25, 0.3) is 0 Å². The van der Waals surface area contributed by atoms with Crippen molar-refractivity contribution in [2.75, 3.05) is 26.4 Å². The van der Waals surface area contributed by atoms with Crippen LogP contribution in [0.1, 0.15) is 39.5 Å². The Hall–Kier alpha value is -3.24. The van der Waals surface area contributed by atoms with Gasteiger partial charge in [0.2, 0.25) is 0 Å². The lowest BCUT2D eigenvalue weighted by molar-refractivity contribution is -0.144. The Kier molecular flexibility index (Phi) is 27.1. The summed E-state index contributed by atoms with van der Waals surface area (Å²) >= 11 is 0. The predicted molar refractivity (Wildman–Crippen MR) is 126 cm³/mol. The van der Waals surface area contributed by atoms with Gasteiger partial charge in [0.05, 0.1) is 25.9 Å². The molecule has 0 bridgehead atoms. The number of carbonyl (C=O) groups is 4. The minimum Gasteiger partial charge on any atom is -0.463 e. The van der Waals surface area contributed by atoms with E-state index in [1.165, 1.54) is 0 Å². The summed E-state index contributed by atoms with van der Waals surface area (Å²) in [6.45, 7) is 17.3. The molecule has 0 aliphatic carbocycles. The summed E-state index contributed by atoms with van der Waals surface area (Å²) in [5.74, 6) is -1.83. The molecule has 34 heavy (non-hydrogen) atoms. The highest BCUT2D eigenvalue weighted by molar-refractivity contribution is 5.82. The van der Waals surface area contributed by atoms with Crippen LogP contribution < -0.4 is 0 Å². The fraction of sp³-hybridized carbons (Fsp3) is 0.500. The van der Waals surface area contributed by atoms with Crippen LogP contribution in [0.15, 0.2) is 50.6 Å². The fourth-order valence-electron chi connectivity index (χ4n) is 1.54. The molecule has 10 nitrogen and oxygen atoms in total. The lowest BCUT2D eigenvalue weighted by Crippen LogP contribution is -2.16. The van der Waals surface area contributed by atoms with Gasteiger partial charge in [-0.05, 0) is 33.1 Å². The number of carbonyl (C=O) groups excluding carboxylic acids is 4. The number of unbranched alkanes of at least 4 members (excludes halogenated alkanes) is 1. The Morgan fingerprint density at radius 1 is 0.706 bits per heavy atom. The Bertz CT molecular complexity index is 601. The Labute approximate surface area is 201 Å². The number of hydrogen-bond donors (Lipinski definition) is 2. The highest BCUT2D eigenvalue weighted by Crippen LogP contribution is 1.99. The first-order chi connectivity index (χ1) is 16.1. The maximum atomic E-state index is 10.7. The van der Waals surface area contributed by atoms with Crippen molar-refractivity contribution in [2.45, 2.75) is 51.7 Å². The van der Waals surface area contributed by atoms with Gasteiger partial charge in [-0.3, -0.25) is 0 Å². The number of rotatable bonds is 15. The van der Waals surface area contributed by atoms with Crippen molar-refractivity contribution in [2.24, 2.45) is 0 Å². The third kappa shape index (κ3) is 30.9. The molecule has 0 rings (SSSR count). The van der Waals surface area contributed by atoms with E-state index in [1.54, 1.807) is 13.8 Å². The van der Waals surface area contributed by atoms with Gasteiger partial charge in [-0.25, -0.2) is 19.2 Å². The molecular weight excluding hydrogens is 448 g/mol. The summed E-state index contributed by atoms with van der Waals surface area (Å²) in [5.41, 5.74) is 0. The normalized spacial score (nSPS) is 10.8. The summed E-state index contributed by atoms with van der Waals surface area (Å²) < 4.78 is 19.0. The quantitative estimate of drug-likeness (QED) is 0.153. The molecule has 0 saturated heterocycles. The van der Waals surface area contributed by atoms with E-state index in [0.29, 0.717) is 38.9 Å². The molecule has 0 aliphatic heterocycles. The summed E-state index contributed by atoms with van der Waals surface area (Å²) in [6, 6.07) is 0. The first kappa shape index (κ1) is 35.4. The minimum absolute atomic E-state index is 0.0810. The van der Waals surface area contributed by atoms with Crippen molar-refractivity contribution in [1.82, 2.24) is 0 Å². The van der Waals surface area contributed by atoms with E-state index in [-0.39, 0.29) is 25.4 Å². The molecule has 0 aliphatic rings. The molecule has 0 aromatic carbocycles. The smallest absolute Gasteiger partial charge is 0.330 e. The largest absolute Gasteiger partial charge is 0.463 e. The molecule has 10 heteroatoms. The molecule has 0 aromatic heterocycles. The van der Waals surface area contributed by atoms with E-state index < -0.39 is 23.9 Å². The van der Waals surface area contributed by atoms with Gasteiger partial charge in [0.25, 0.3) is 0 Å². The lowest BCUT2D eigenvalue weighted by atomic mass is 10.3. The molecule has 0 amide bonds. The van der Waals surface area contributed by atoms with Crippen LogP contribution in [0, 0.1) is 0 Å². The monoisotopic (exact) mass is 486 g/mol. The summed E-state index contributed by atoms with van der Waals surface area (Å²) in [4.78, 5) is 42.4. The first-order valence-corrected chi connectivity index (χ1v) is 10.6. The first-order valence-electron chi connectivity index (χ1n) is 10.6. The maximum absolute atomic E-state index is 10.7. The van der Waals surface area contributed by atoms with Gasteiger partial charge in [-0.1, -0.05) is 26.3 Å². The SMILES string of the molecule is C=CC(=O)OCCC(C)OC(=O)C=C.C=CC(=O)OCCCCOC(=O)C=C.CC(O)CCO. The Morgan fingerprint density at radius 2 is 1.09 bits per heavy atom. The van der Waals surface area contributed by atoms with Crippen LogP contribution in [0.2, 0.25) is 0 Å². The van der Waals surface area contributed by atoms with Crippen LogP contribution in [0.5, 0.6) is 0 Å². The van der Waals surface area contributed by atoms with Gasteiger partial charge in [-0.15, -0.1) is 0 Å². The summed E-state index contributed by atoms with van der Waals surface area (Å²) in [7, 11) is 0. The molecule has 2 unspecified atom stereocenters. The zero-order valence-electron chi connectivity index (χ0n) is 20.1. The van der Waals surface area contributed by atoms with Gasteiger partial charge in [0.1, 0.15) is 6.10 Å². The second-order valence-corrected chi connectivity index (χ2v) is 6.42. The lowest BCUT2D eigenvalue weighted by Gasteiger charge is -2.11. The Balaban J connectivity index is -0.000000458. The van der Waals surface area contributed by atoms with Crippen molar-refractivity contribution in [3.8, 4) is 0 Å². The summed E-state index contributed by atoms with van der Waals surface area (Å²) in [6.07, 6.45) is 6.00. The Morgan fingerprint density at radius 3 is 1.38 bits per heavy atom. The van der Waals surface area contributed by atoms with Crippen molar-refractivity contribution in [3.05, 3.63) is 50.6 Å². The zero-order chi connectivity index (χ0) is 26.8. The molecule has 0 spiro atoms. The van der Waals surface area contributed by atoms with Crippen LogP contribution in [0.3, 0.4) is 0 Å². The number of ether oxygens (including phenoxy) is 4. The molecule has 2 N–H and O–H groups in total. The van der Waals surface area contributed by atoms with Crippen LogP contribution in [-0.2, 0) is 38.1 Å². The molecule has 0 heterocycles. The number of aliphatic hydroxyl groups is 2. The standard InChI is InChI=1S/2C10H14O4.C4H10O2/c1-4-9(11)13-7-6-8(3)14-10(12)5-2;1-3-9(11)13-7-5-6-8-14-10(12)4-2;1-4(6)2-3-5/h4-5,8H,1-2,6-7H2,3H3;3-4H,1-2,5-8H2;4-6H,2-3H2,1H3. The second-order valence-electron chi connectivity index (χ2n) is 6.42. The second kappa shape index (κ2) is 26.0. The highest BCUT2D eigenvalue weighted by atomic mass is 16.6. The number of esters is 4. The zero-order valence-corrected chi connectivity index (χ0v) is 20.1. The van der Waals surface area contributed by atoms with Gasteiger partial charge < -0.3 is 29.2 Å². The third-order valence-electron chi connectivity index (χ3n) is 3.33. The molecule has 0 saturated carbocycles. The van der Waals surface area contributed by atoms with Gasteiger partial charge in [0.15, 0.2) is 0 Å². The molecule has 194 valence electrons. The van der Waals surface area contributed by atoms with E-state index in [1.807, 2.05) is 0 Å². The average Bonchev–Trinajstić information content (AvgIpc) is 2.81. The highest BCUT2D eigenvalue weighted by Gasteiger charge is 2.07. The molecule has 0 fully saturated rings. The number of aliphatic hydroxyl groups excluding tert-OH is 2. The van der Waals surface area contributed by atoms with Crippen molar-refractivity contribution >= 4 is 23.9 Å². The van der Waals surface area contributed by atoms with Gasteiger partial charge >= 0.3 is 23.9 Å². The molecule has 2 atom stereocenters. The van der Waals surface area contributed by atoms with Crippen LogP contribution >= 0.6 is 0 Å². The van der Waals surface area contributed by atoms with Gasteiger partial charge in [-0.2, -0.15) is 0 Å². The minimum atomic E-state index is -0.479. The van der Waals surface area contributed by atoms with Crippen molar-refractivity contribution < 1.29 is 48.3 Å². The van der Waals surface area contributed by atoms with Crippen LogP contribution in [0.4, 0.5) is 0 Å². The van der Waals surface area contributed by atoms with Crippen molar-refractivity contribution in [3.63, 3.8) is 0 Å². The third-order valence-corrected chi connectivity index (χ3v) is 3.33. The van der Waals surface area contributed by atoms with Gasteiger partial charge in [0, 0.05) is 37.3 Å². The van der Waals surface area contributed by atoms with E-state index in [2.05, 4.69) is 26.3 Å². The van der Waals surface area contributed by atoms with E-state index >= 15 is 0 Å². The van der Waals surface area contributed by atoms with Crippen LogP contribution in [-0.4, -0.2) is 72.7 Å². The summed E-state index contributed by atoms with van der Waals surface area (Å²) in [5, 5.41) is 16.5. The number of hydrogen-bond acceptors (Lipinski definition) is 10.